The SMILES string of the molecule is O=C(NC1CCS(=O)(=O)CC1)c1ncccc1O. The standard InChI is InChI=1S/C11H14N2O4S/c14-9-2-1-5-12-10(9)11(15)13-8-3-6-18(16,17)7-4-8/h1-2,5,8,14H,3-4,6-7H2,(H,13,15). The molecule has 1 aromatic heterocycles. The molecule has 1 aliphatic rings. The number of carbonyl (C=O) groups is 1. The van der Waals surface area contributed by atoms with Gasteiger partial charge in [-0.05, 0) is 25.0 Å². The number of pyridine rings is 1. The highest BCUT2D eigenvalue weighted by Gasteiger charge is 2.25. The maximum atomic E-state index is 11.8. The molecule has 1 saturated heterocycles. The van der Waals surface area contributed by atoms with Crippen molar-refractivity contribution in [3.63, 3.8) is 0 Å². The molecule has 0 spiro atoms. The highest BCUT2D eigenvalue weighted by Crippen LogP contribution is 2.15. The van der Waals surface area contributed by atoms with Gasteiger partial charge >= 0.3 is 0 Å². The van der Waals surface area contributed by atoms with Crippen LogP contribution in [0, 0.1) is 0 Å². The Morgan fingerprint density at radius 1 is 1.39 bits per heavy atom. The summed E-state index contributed by atoms with van der Waals surface area (Å²) in [6.07, 6.45) is 2.23. The van der Waals surface area contributed by atoms with Crippen molar-refractivity contribution in [2.45, 2.75) is 18.9 Å². The Balaban J connectivity index is 1.99. The first-order valence-electron chi connectivity index (χ1n) is 5.63. The number of nitrogens with one attached hydrogen (secondary N) is 1. The van der Waals surface area contributed by atoms with E-state index in [2.05, 4.69) is 10.3 Å². The maximum absolute atomic E-state index is 11.8. The molecule has 1 aliphatic heterocycles. The largest absolute Gasteiger partial charge is 0.505 e. The van der Waals surface area contributed by atoms with Crippen LogP contribution in [0.4, 0.5) is 0 Å². The molecule has 0 aliphatic carbocycles. The first-order chi connectivity index (χ1) is 8.48. The molecule has 7 heteroatoms. The first-order valence-corrected chi connectivity index (χ1v) is 7.45. The Morgan fingerprint density at radius 2 is 2.06 bits per heavy atom. The lowest BCUT2D eigenvalue weighted by Crippen LogP contribution is -2.41. The van der Waals surface area contributed by atoms with Crippen LogP contribution >= 0.6 is 0 Å². The number of amides is 1. The molecule has 1 aromatic rings. The average molecular weight is 270 g/mol. The lowest BCUT2D eigenvalue weighted by molar-refractivity contribution is 0.0926. The Kier molecular flexibility index (Phi) is 3.51. The van der Waals surface area contributed by atoms with E-state index in [1.807, 2.05) is 0 Å². The average Bonchev–Trinajstić information content (AvgIpc) is 2.32. The van der Waals surface area contributed by atoms with Crippen molar-refractivity contribution < 1.29 is 18.3 Å². The van der Waals surface area contributed by atoms with Gasteiger partial charge in [0.2, 0.25) is 0 Å². The lowest BCUT2D eigenvalue weighted by atomic mass is 10.1. The van der Waals surface area contributed by atoms with Crippen molar-refractivity contribution in [1.82, 2.24) is 10.3 Å². The molecule has 0 bridgehead atoms. The fraction of sp³-hybridized carbons (Fsp3) is 0.455. The number of hydrogen-bond donors (Lipinski definition) is 2. The topological polar surface area (TPSA) is 96.4 Å². The molecule has 0 saturated carbocycles. The maximum Gasteiger partial charge on any atom is 0.273 e. The molecule has 0 radical (unpaired) electrons. The molecule has 0 unspecified atom stereocenters. The molecule has 6 nitrogen and oxygen atoms in total. The number of rotatable bonds is 2. The lowest BCUT2D eigenvalue weighted by Gasteiger charge is -2.22. The summed E-state index contributed by atoms with van der Waals surface area (Å²) in [7, 11) is -2.94. The van der Waals surface area contributed by atoms with Crippen molar-refractivity contribution in [3.8, 4) is 5.75 Å². The zero-order valence-corrected chi connectivity index (χ0v) is 10.5. The minimum Gasteiger partial charge on any atom is -0.505 e. The molecule has 18 heavy (non-hydrogen) atoms. The summed E-state index contributed by atoms with van der Waals surface area (Å²) < 4.78 is 22.5. The van der Waals surface area contributed by atoms with Gasteiger partial charge < -0.3 is 10.4 Å². The monoisotopic (exact) mass is 270 g/mol. The third-order valence-electron chi connectivity index (χ3n) is 2.89. The van der Waals surface area contributed by atoms with E-state index < -0.39 is 15.7 Å². The highest BCUT2D eigenvalue weighted by molar-refractivity contribution is 7.91. The fourth-order valence-corrected chi connectivity index (χ4v) is 3.35. The molecular formula is C11H14N2O4S. The molecule has 2 rings (SSSR count). The second-order valence-corrected chi connectivity index (χ2v) is 6.57. The Hall–Kier alpha value is -1.63. The van der Waals surface area contributed by atoms with Crippen molar-refractivity contribution in [2.24, 2.45) is 0 Å². The van der Waals surface area contributed by atoms with Gasteiger partial charge in [0.05, 0.1) is 11.5 Å². The molecular weight excluding hydrogens is 256 g/mol. The molecule has 0 atom stereocenters. The highest BCUT2D eigenvalue weighted by atomic mass is 32.2. The van der Waals surface area contributed by atoms with Gasteiger partial charge in [-0.3, -0.25) is 4.79 Å². The summed E-state index contributed by atoms with van der Waals surface area (Å²) >= 11 is 0. The summed E-state index contributed by atoms with van der Waals surface area (Å²) in [5.74, 6) is -0.478. The fourth-order valence-electron chi connectivity index (χ4n) is 1.86. The molecule has 0 aromatic carbocycles. The third-order valence-corrected chi connectivity index (χ3v) is 4.61. The summed E-state index contributed by atoms with van der Waals surface area (Å²) in [6.45, 7) is 0. The van der Waals surface area contributed by atoms with E-state index in [0.717, 1.165) is 0 Å². The van der Waals surface area contributed by atoms with E-state index in [0.29, 0.717) is 12.8 Å². The van der Waals surface area contributed by atoms with E-state index in [1.165, 1.54) is 18.3 Å². The van der Waals surface area contributed by atoms with E-state index >= 15 is 0 Å². The van der Waals surface area contributed by atoms with Crippen molar-refractivity contribution in [1.29, 1.82) is 0 Å². The number of hydrogen-bond acceptors (Lipinski definition) is 5. The zero-order valence-electron chi connectivity index (χ0n) is 9.67. The quantitative estimate of drug-likeness (QED) is 0.794. The van der Waals surface area contributed by atoms with E-state index in [1.54, 1.807) is 0 Å². The summed E-state index contributed by atoms with van der Waals surface area (Å²) in [6, 6.07) is 2.73. The van der Waals surface area contributed by atoms with Crippen LogP contribution in [0.3, 0.4) is 0 Å². The second kappa shape index (κ2) is 4.93. The van der Waals surface area contributed by atoms with Gasteiger partial charge in [-0.15, -0.1) is 0 Å². The van der Waals surface area contributed by atoms with Crippen LogP contribution in [0.1, 0.15) is 23.3 Å². The summed E-state index contributed by atoms with van der Waals surface area (Å²) in [5, 5.41) is 12.2. The van der Waals surface area contributed by atoms with Gasteiger partial charge in [-0.1, -0.05) is 0 Å². The van der Waals surface area contributed by atoms with Crippen LogP contribution in [-0.4, -0.2) is 42.0 Å². The van der Waals surface area contributed by atoms with Crippen LogP contribution in [0.2, 0.25) is 0 Å². The van der Waals surface area contributed by atoms with Crippen LogP contribution in [0.15, 0.2) is 18.3 Å². The van der Waals surface area contributed by atoms with E-state index in [9.17, 15) is 18.3 Å². The summed E-state index contributed by atoms with van der Waals surface area (Å²) in [4.78, 5) is 15.6. The first kappa shape index (κ1) is 12.8. The second-order valence-electron chi connectivity index (χ2n) is 4.27. The number of aromatic nitrogens is 1. The van der Waals surface area contributed by atoms with Gasteiger partial charge in [0.15, 0.2) is 5.69 Å². The third kappa shape index (κ3) is 2.98. The predicted molar refractivity (Wildman–Crippen MR) is 65.0 cm³/mol. The van der Waals surface area contributed by atoms with Crippen LogP contribution in [-0.2, 0) is 9.84 Å². The van der Waals surface area contributed by atoms with Gasteiger partial charge in [0.25, 0.3) is 5.91 Å². The molecule has 1 amide bonds. The van der Waals surface area contributed by atoms with Crippen LogP contribution in [0.5, 0.6) is 5.75 Å². The van der Waals surface area contributed by atoms with Crippen molar-refractivity contribution in [3.05, 3.63) is 24.0 Å². The Morgan fingerprint density at radius 3 is 2.67 bits per heavy atom. The van der Waals surface area contributed by atoms with Crippen LogP contribution in [0.25, 0.3) is 0 Å². The number of carbonyl (C=O) groups excluding carboxylic acids is 1. The summed E-state index contributed by atoms with van der Waals surface area (Å²) in [5.41, 5.74) is -0.0362. The molecule has 2 heterocycles. The van der Waals surface area contributed by atoms with Gasteiger partial charge in [-0.25, -0.2) is 13.4 Å². The van der Waals surface area contributed by atoms with Crippen molar-refractivity contribution in [2.75, 3.05) is 11.5 Å². The number of sulfone groups is 1. The van der Waals surface area contributed by atoms with Crippen LogP contribution < -0.4 is 5.32 Å². The van der Waals surface area contributed by atoms with E-state index in [4.69, 9.17) is 0 Å². The van der Waals surface area contributed by atoms with Gasteiger partial charge in [-0.2, -0.15) is 0 Å². The molecule has 2 N–H and O–H groups in total. The Labute approximate surface area is 105 Å². The van der Waals surface area contributed by atoms with E-state index in [-0.39, 0.29) is 29.0 Å². The Bertz CT molecular complexity index is 542. The number of aromatic hydroxyl groups is 1. The predicted octanol–water partition coefficient (Wildman–Crippen LogP) is 0.0942. The zero-order chi connectivity index (χ0) is 13.2. The normalized spacial score (nSPS) is 19.3. The smallest absolute Gasteiger partial charge is 0.273 e. The van der Waals surface area contributed by atoms with Gasteiger partial charge in [0.1, 0.15) is 15.6 Å². The molecule has 98 valence electrons. The minimum atomic E-state index is -2.94. The minimum absolute atomic E-state index is 0.0362. The van der Waals surface area contributed by atoms with Gasteiger partial charge in [0, 0.05) is 12.2 Å². The molecule has 1 fully saturated rings. The number of nitrogens with zero attached hydrogens (tertiary/aromatic N) is 1. The van der Waals surface area contributed by atoms with Crippen molar-refractivity contribution >= 4 is 15.7 Å².